The van der Waals surface area contributed by atoms with Gasteiger partial charge in [-0.1, -0.05) is 29.8 Å². The largest absolute Gasteiger partial charge is 0.380 e. The van der Waals surface area contributed by atoms with E-state index < -0.39 is 0 Å². The fourth-order valence-corrected chi connectivity index (χ4v) is 2.64. The molecule has 1 amide bonds. The molecule has 0 radical (unpaired) electrons. The van der Waals surface area contributed by atoms with Crippen LogP contribution in [0.4, 0.5) is 0 Å². The van der Waals surface area contributed by atoms with Crippen molar-refractivity contribution >= 4 is 29.9 Å². The van der Waals surface area contributed by atoms with Gasteiger partial charge in [-0.2, -0.15) is 0 Å². The van der Waals surface area contributed by atoms with Gasteiger partial charge >= 0.3 is 0 Å². The lowest BCUT2D eigenvalue weighted by Gasteiger charge is -2.34. The quantitative estimate of drug-likeness (QED) is 0.883. The molecule has 124 valence electrons. The average molecular weight is 349 g/mol. The molecule has 1 aliphatic rings. The summed E-state index contributed by atoms with van der Waals surface area (Å²) in [6.07, 6.45) is -0.128. The second kappa shape index (κ2) is 9.33. The smallest absolute Gasteiger partial charge is 0.225 e. The molecule has 2 unspecified atom stereocenters. The van der Waals surface area contributed by atoms with Crippen molar-refractivity contribution < 1.29 is 14.3 Å². The van der Waals surface area contributed by atoms with Crippen LogP contribution < -0.4 is 5.73 Å². The van der Waals surface area contributed by atoms with Crippen molar-refractivity contribution in [3.8, 4) is 0 Å². The zero-order valence-corrected chi connectivity index (χ0v) is 14.1. The number of halogens is 2. The summed E-state index contributed by atoms with van der Waals surface area (Å²) < 4.78 is 10.9. The average Bonchev–Trinajstić information content (AvgIpc) is 2.53. The van der Waals surface area contributed by atoms with E-state index in [1.54, 1.807) is 12.0 Å². The molecule has 0 spiro atoms. The number of methoxy groups -OCH3 is 1. The van der Waals surface area contributed by atoms with Crippen LogP contribution in [0.1, 0.15) is 18.1 Å². The molecule has 0 aromatic heterocycles. The van der Waals surface area contributed by atoms with E-state index in [9.17, 15) is 4.79 Å². The van der Waals surface area contributed by atoms with Gasteiger partial charge in [-0.05, 0) is 6.07 Å². The van der Waals surface area contributed by atoms with Crippen molar-refractivity contribution in [1.29, 1.82) is 0 Å². The van der Waals surface area contributed by atoms with Gasteiger partial charge in [-0.25, -0.2) is 0 Å². The molecule has 5 nitrogen and oxygen atoms in total. The molecule has 0 bridgehead atoms. The zero-order chi connectivity index (χ0) is 15.2. The normalized spacial score (nSPS) is 19.4. The van der Waals surface area contributed by atoms with E-state index in [-0.39, 0.29) is 30.5 Å². The summed E-state index contributed by atoms with van der Waals surface area (Å²) in [5.74, 6) is 0.0349. The third kappa shape index (κ3) is 4.83. The molecular formula is C15H22Cl2N2O3. The van der Waals surface area contributed by atoms with Crippen molar-refractivity contribution in [3.05, 3.63) is 34.9 Å². The van der Waals surface area contributed by atoms with Crippen molar-refractivity contribution in [2.75, 3.05) is 33.4 Å². The van der Waals surface area contributed by atoms with E-state index >= 15 is 0 Å². The van der Waals surface area contributed by atoms with Crippen molar-refractivity contribution in [2.45, 2.75) is 18.6 Å². The minimum atomic E-state index is -0.237. The third-order valence-electron chi connectivity index (χ3n) is 3.67. The van der Waals surface area contributed by atoms with Crippen LogP contribution in [0.5, 0.6) is 0 Å². The maximum atomic E-state index is 12.3. The molecule has 2 rings (SSSR count). The molecule has 1 fully saturated rings. The molecular weight excluding hydrogens is 327 g/mol. The Morgan fingerprint density at radius 1 is 1.55 bits per heavy atom. The lowest BCUT2D eigenvalue weighted by Crippen LogP contribution is -2.44. The number of amides is 1. The van der Waals surface area contributed by atoms with Gasteiger partial charge in [0.1, 0.15) is 6.10 Å². The first kappa shape index (κ1) is 19.2. The minimum Gasteiger partial charge on any atom is -0.380 e. The molecule has 1 aliphatic heterocycles. The lowest BCUT2D eigenvalue weighted by atomic mass is 10.1. The highest BCUT2D eigenvalue weighted by molar-refractivity contribution is 6.31. The van der Waals surface area contributed by atoms with Crippen LogP contribution in [0, 0.1) is 0 Å². The van der Waals surface area contributed by atoms with Crippen LogP contribution in [-0.4, -0.2) is 50.3 Å². The summed E-state index contributed by atoms with van der Waals surface area (Å²) in [4.78, 5) is 14.1. The van der Waals surface area contributed by atoms with Crippen LogP contribution in [0.3, 0.4) is 0 Å². The molecule has 0 saturated carbocycles. The van der Waals surface area contributed by atoms with Crippen LogP contribution >= 0.6 is 24.0 Å². The van der Waals surface area contributed by atoms with Gasteiger partial charge in [0.25, 0.3) is 0 Å². The SMILES string of the molecule is COC(CN)CC(=O)N1CCOC(c2ccccc2Cl)C1.Cl. The highest BCUT2D eigenvalue weighted by Crippen LogP contribution is 2.28. The Bertz CT molecular complexity index is 484. The van der Waals surface area contributed by atoms with Crippen LogP contribution in [0.15, 0.2) is 24.3 Å². The minimum absolute atomic E-state index is 0. The summed E-state index contributed by atoms with van der Waals surface area (Å²) in [7, 11) is 1.57. The predicted molar refractivity (Wildman–Crippen MR) is 88.4 cm³/mol. The number of ether oxygens (including phenoxy) is 2. The fraction of sp³-hybridized carbons (Fsp3) is 0.533. The summed E-state index contributed by atoms with van der Waals surface area (Å²) in [5, 5.41) is 0.661. The molecule has 1 aromatic rings. The Labute approximate surface area is 142 Å². The Morgan fingerprint density at radius 2 is 2.27 bits per heavy atom. The summed E-state index contributed by atoms with van der Waals surface area (Å²) in [5.41, 5.74) is 6.48. The van der Waals surface area contributed by atoms with Crippen molar-refractivity contribution in [3.63, 3.8) is 0 Å². The van der Waals surface area contributed by atoms with Gasteiger partial charge in [0.15, 0.2) is 0 Å². The Balaban J connectivity index is 0.00000242. The number of hydrogen-bond donors (Lipinski definition) is 1. The van der Waals surface area contributed by atoms with Crippen molar-refractivity contribution in [2.24, 2.45) is 5.73 Å². The molecule has 1 saturated heterocycles. The number of hydrogen-bond acceptors (Lipinski definition) is 4. The highest BCUT2D eigenvalue weighted by atomic mass is 35.5. The number of carbonyl (C=O) groups excluding carboxylic acids is 1. The summed E-state index contributed by atoms with van der Waals surface area (Å²) >= 11 is 6.19. The van der Waals surface area contributed by atoms with E-state index in [2.05, 4.69) is 0 Å². The van der Waals surface area contributed by atoms with Gasteiger partial charge in [0.2, 0.25) is 5.91 Å². The standard InChI is InChI=1S/C15H21ClN2O3.ClH/c1-20-11(9-17)8-15(19)18-6-7-21-14(10-18)12-4-2-3-5-13(12)16;/h2-5,11,14H,6-10,17H2,1H3;1H. The maximum Gasteiger partial charge on any atom is 0.225 e. The zero-order valence-electron chi connectivity index (χ0n) is 12.5. The first-order valence-electron chi connectivity index (χ1n) is 7.02. The monoisotopic (exact) mass is 348 g/mol. The number of benzene rings is 1. The van der Waals surface area contributed by atoms with E-state index in [0.717, 1.165) is 5.56 Å². The van der Waals surface area contributed by atoms with E-state index in [1.165, 1.54) is 0 Å². The van der Waals surface area contributed by atoms with Gasteiger partial charge < -0.3 is 20.1 Å². The number of nitrogens with zero attached hydrogens (tertiary/aromatic N) is 1. The van der Waals surface area contributed by atoms with Crippen LogP contribution in [0.25, 0.3) is 0 Å². The Kier molecular flexibility index (Phi) is 8.14. The van der Waals surface area contributed by atoms with Gasteiger partial charge in [0, 0.05) is 30.8 Å². The van der Waals surface area contributed by atoms with Gasteiger partial charge in [-0.3, -0.25) is 4.79 Å². The lowest BCUT2D eigenvalue weighted by molar-refractivity contribution is -0.141. The summed E-state index contributed by atoms with van der Waals surface area (Å²) in [6.45, 7) is 1.92. The van der Waals surface area contributed by atoms with E-state index in [0.29, 0.717) is 37.7 Å². The molecule has 22 heavy (non-hydrogen) atoms. The van der Waals surface area contributed by atoms with E-state index in [4.69, 9.17) is 26.8 Å². The number of carbonyl (C=O) groups is 1. The first-order chi connectivity index (χ1) is 10.2. The van der Waals surface area contributed by atoms with Crippen molar-refractivity contribution in [1.82, 2.24) is 4.90 Å². The molecule has 1 heterocycles. The topological polar surface area (TPSA) is 64.8 Å². The molecule has 2 atom stereocenters. The number of nitrogens with two attached hydrogens (primary N) is 1. The van der Waals surface area contributed by atoms with Gasteiger partial charge in [-0.15, -0.1) is 12.4 Å². The second-order valence-corrected chi connectivity index (χ2v) is 5.43. The fourth-order valence-electron chi connectivity index (χ4n) is 2.39. The predicted octanol–water partition coefficient (Wildman–Crippen LogP) is 2.03. The molecule has 7 heteroatoms. The summed E-state index contributed by atoms with van der Waals surface area (Å²) in [6, 6.07) is 7.55. The second-order valence-electron chi connectivity index (χ2n) is 5.02. The van der Waals surface area contributed by atoms with Crippen LogP contribution in [-0.2, 0) is 14.3 Å². The first-order valence-corrected chi connectivity index (χ1v) is 7.40. The van der Waals surface area contributed by atoms with Crippen LogP contribution in [0.2, 0.25) is 5.02 Å². The number of rotatable bonds is 5. The Hall–Kier alpha value is -0.850. The highest BCUT2D eigenvalue weighted by Gasteiger charge is 2.27. The van der Waals surface area contributed by atoms with E-state index in [1.807, 2.05) is 24.3 Å². The molecule has 2 N–H and O–H groups in total. The molecule has 1 aromatic carbocycles. The maximum absolute atomic E-state index is 12.3. The molecule has 0 aliphatic carbocycles. The van der Waals surface area contributed by atoms with Gasteiger partial charge in [0.05, 0.1) is 25.7 Å². The Morgan fingerprint density at radius 3 is 2.91 bits per heavy atom. The third-order valence-corrected chi connectivity index (χ3v) is 4.01. The number of morpholine rings is 1.